The molecule has 7 heteroatoms. The number of hydrogen-bond acceptors (Lipinski definition) is 5. The van der Waals surface area contributed by atoms with Crippen LogP contribution in [0.25, 0.3) is 6.08 Å². The van der Waals surface area contributed by atoms with E-state index in [9.17, 15) is 14.9 Å². The number of carbonyl (C=O) groups is 1. The van der Waals surface area contributed by atoms with E-state index in [2.05, 4.69) is 9.89 Å². The van der Waals surface area contributed by atoms with Crippen LogP contribution in [-0.2, 0) is 4.79 Å². The Labute approximate surface area is 151 Å². The summed E-state index contributed by atoms with van der Waals surface area (Å²) < 4.78 is 0. The van der Waals surface area contributed by atoms with Crippen LogP contribution in [-0.4, -0.2) is 34.0 Å². The first-order valence-electron chi connectivity index (χ1n) is 8.51. The summed E-state index contributed by atoms with van der Waals surface area (Å²) in [4.78, 5) is 30.0. The van der Waals surface area contributed by atoms with Gasteiger partial charge in [-0.3, -0.25) is 14.9 Å². The second-order valence-corrected chi connectivity index (χ2v) is 7.60. The van der Waals surface area contributed by atoms with E-state index >= 15 is 0 Å². The Morgan fingerprint density at radius 3 is 2.64 bits per heavy atom. The van der Waals surface area contributed by atoms with Gasteiger partial charge in [-0.15, -0.1) is 0 Å². The van der Waals surface area contributed by atoms with Crippen molar-refractivity contribution in [2.75, 3.05) is 13.1 Å². The monoisotopic (exact) mass is 359 g/mol. The number of likely N-dealkylation sites (tertiary alicyclic amines) is 1. The Morgan fingerprint density at radius 1 is 1.28 bits per heavy atom. The maximum absolute atomic E-state index is 12.2. The van der Waals surface area contributed by atoms with Crippen molar-refractivity contribution in [1.29, 1.82) is 0 Å². The van der Waals surface area contributed by atoms with Crippen LogP contribution in [0.3, 0.4) is 0 Å². The van der Waals surface area contributed by atoms with Crippen LogP contribution in [0.15, 0.2) is 28.1 Å². The van der Waals surface area contributed by atoms with Crippen LogP contribution in [0.1, 0.15) is 50.2 Å². The topological polar surface area (TPSA) is 75.8 Å². The third-order valence-corrected chi connectivity index (χ3v) is 5.45. The number of nitro benzene ring substituents is 1. The first kappa shape index (κ1) is 17.7. The molecule has 0 radical (unpaired) electrons. The second kappa shape index (κ2) is 7.39. The Kier molecular flexibility index (Phi) is 5.22. The second-order valence-electron chi connectivity index (χ2n) is 6.59. The number of nitro groups is 1. The molecule has 2 heterocycles. The lowest BCUT2D eigenvalue weighted by Gasteiger charge is -2.27. The fourth-order valence-electron chi connectivity index (χ4n) is 3.07. The number of amides is 1. The molecule has 1 aromatic carbocycles. The number of rotatable bonds is 3. The highest BCUT2D eigenvalue weighted by atomic mass is 32.2. The number of carbonyl (C=O) groups excluding carboxylic acids is 1. The first-order valence-corrected chi connectivity index (χ1v) is 9.33. The Hall–Kier alpha value is -2.15. The van der Waals surface area contributed by atoms with Crippen LogP contribution in [0.4, 0.5) is 5.69 Å². The molecule has 0 aliphatic carbocycles. The van der Waals surface area contributed by atoms with Crippen molar-refractivity contribution in [3.05, 3.63) is 44.3 Å². The van der Waals surface area contributed by atoms with E-state index in [4.69, 9.17) is 0 Å². The van der Waals surface area contributed by atoms with Crippen LogP contribution in [0.5, 0.6) is 0 Å². The molecule has 3 rings (SSSR count). The molecule has 0 N–H and O–H groups in total. The van der Waals surface area contributed by atoms with Gasteiger partial charge in [0.2, 0.25) is 0 Å². The molecule has 0 saturated carbocycles. The number of piperidine rings is 1. The summed E-state index contributed by atoms with van der Waals surface area (Å²) >= 11 is 1.36. The first-order chi connectivity index (χ1) is 12.0. The van der Waals surface area contributed by atoms with Crippen molar-refractivity contribution < 1.29 is 9.72 Å². The molecule has 0 atom stereocenters. The minimum Gasteiger partial charge on any atom is -0.351 e. The summed E-state index contributed by atoms with van der Waals surface area (Å²) in [6, 6.07) is 5.13. The van der Waals surface area contributed by atoms with E-state index in [1.807, 2.05) is 19.9 Å². The number of thioether (sulfide) groups is 1. The lowest BCUT2D eigenvalue weighted by Crippen LogP contribution is -2.33. The van der Waals surface area contributed by atoms with Gasteiger partial charge in [0.15, 0.2) is 5.17 Å². The zero-order valence-electron chi connectivity index (χ0n) is 14.4. The van der Waals surface area contributed by atoms with Gasteiger partial charge in [0, 0.05) is 24.7 Å². The molecule has 0 spiro atoms. The van der Waals surface area contributed by atoms with Crippen molar-refractivity contribution in [1.82, 2.24) is 4.90 Å². The molecule has 6 nitrogen and oxygen atoms in total. The SMILES string of the molecule is CC(C)c1ccc(/C=C2/SC(N3CCCCC3)=NC2=O)cc1[N+](=O)[O-]. The van der Waals surface area contributed by atoms with Crippen molar-refractivity contribution in [2.24, 2.45) is 4.99 Å². The molecular formula is C18H21N3O3S. The fraction of sp³-hybridized carbons (Fsp3) is 0.444. The number of hydrogen-bond donors (Lipinski definition) is 0. The standard InChI is InChI=1S/C18H21N3O3S/c1-12(2)14-7-6-13(10-15(14)21(23)24)11-16-17(22)19-18(25-16)20-8-4-3-5-9-20/h6-7,10-12H,3-5,8-9H2,1-2H3/b16-11+. The van der Waals surface area contributed by atoms with Crippen LogP contribution in [0.2, 0.25) is 0 Å². The molecule has 2 aliphatic rings. The molecule has 0 bridgehead atoms. The van der Waals surface area contributed by atoms with Gasteiger partial charge in [-0.2, -0.15) is 4.99 Å². The average molecular weight is 359 g/mol. The largest absolute Gasteiger partial charge is 0.351 e. The molecule has 2 aliphatic heterocycles. The molecule has 132 valence electrons. The Balaban J connectivity index is 1.83. The highest BCUT2D eigenvalue weighted by molar-refractivity contribution is 8.18. The minimum atomic E-state index is -0.364. The Bertz CT molecular complexity index is 765. The molecule has 1 amide bonds. The number of nitrogens with zero attached hydrogens (tertiary/aromatic N) is 3. The van der Waals surface area contributed by atoms with Crippen molar-refractivity contribution in [3.63, 3.8) is 0 Å². The van der Waals surface area contributed by atoms with E-state index in [0.717, 1.165) is 31.1 Å². The van der Waals surface area contributed by atoms with Crippen molar-refractivity contribution in [3.8, 4) is 0 Å². The summed E-state index contributed by atoms with van der Waals surface area (Å²) in [5.41, 5.74) is 1.45. The summed E-state index contributed by atoms with van der Waals surface area (Å²) in [5.74, 6) is -0.195. The molecule has 0 unspecified atom stereocenters. The average Bonchev–Trinajstić information content (AvgIpc) is 2.96. The van der Waals surface area contributed by atoms with E-state index in [1.165, 1.54) is 24.2 Å². The van der Waals surface area contributed by atoms with Gasteiger partial charge < -0.3 is 4.90 Å². The smallest absolute Gasteiger partial charge is 0.286 e. The Morgan fingerprint density at radius 2 is 2.00 bits per heavy atom. The quantitative estimate of drug-likeness (QED) is 0.460. The summed E-state index contributed by atoms with van der Waals surface area (Å²) in [7, 11) is 0. The molecule has 1 fully saturated rings. The van der Waals surface area contributed by atoms with Gasteiger partial charge in [-0.05, 0) is 48.6 Å². The van der Waals surface area contributed by atoms with Gasteiger partial charge >= 0.3 is 0 Å². The zero-order chi connectivity index (χ0) is 18.0. The van der Waals surface area contributed by atoms with Crippen molar-refractivity contribution >= 4 is 34.6 Å². The number of amidine groups is 1. The maximum atomic E-state index is 12.2. The van der Waals surface area contributed by atoms with Gasteiger partial charge in [0.05, 0.1) is 9.83 Å². The third kappa shape index (κ3) is 3.92. The predicted molar refractivity (Wildman–Crippen MR) is 101 cm³/mol. The summed E-state index contributed by atoms with van der Waals surface area (Å²) in [5, 5.41) is 12.1. The van der Waals surface area contributed by atoms with Gasteiger partial charge in [-0.25, -0.2) is 0 Å². The number of benzene rings is 1. The van der Waals surface area contributed by atoms with Gasteiger partial charge in [0.25, 0.3) is 11.6 Å². The number of aliphatic imine (C=N–C) groups is 1. The summed E-state index contributed by atoms with van der Waals surface area (Å²) in [6.07, 6.45) is 5.16. The van der Waals surface area contributed by atoms with E-state index in [0.29, 0.717) is 16.0 Å². The van der Waals surface area contributed by atoms with E-state index < -0.39 is 0 Å². The lowest BCUT2D eigenvalue weighted by atomic mass is 9.99. The molecular weight excluding hydrogens is 338 g/mol. The van der Waals surface area contributed by atoms with Gasteiger partial charge in [0.1, 0.15) is 0 Å². The highest BCUT2D eigenvalue weighted by Crippen LogP contribution is 2.33. The molecule has 0 aromatic heterocycles. The van der Waals surface area contributed by atoms with Crippen molar-refractivity contribution in [2.45, 2.75) is 39.0 Å². The van der Waals surface area contributed by atoms with Crippen LogP contribution in [0, 0.1) is 10.1 Å². The van der Waals surface area contributed by atoms with E-state index in [-0.39, 0.29) is 22.4 Å². The fourth-order valence-corrected chi connectivity index (χ4v) is 4.03. The highest BCUT2D eigenvalue weighted by Gasteiger charge is 2.27. The predicted octanol–water partition coefficient (Wildman–Crippen LogP) is 4.17. The van der Waals surface area contributed by atoms with Crippen LogP contribution >= 0.6 is 11.8 Å². The molecule has 25 heavy (non-hydrogen) atoms. The lowest BCUT2D eigenvalue weighted by molar-refractivity contribution is -0.385. The molecule has 1 aromatic rings. The summed E-state index contributed by atoms with van der Waals surface area (Å²) in [6.45, 7) is 5.72. The molecule has 1 saturated heterocycles. The minimum absolute atomic E-state index is 0.0682. The zero-order valence-corrected chi connectivity index (χ0v) is 15.2. The van der Waals surface area contributed by atoms with Gasteiger partial charge in [-0.1, -0.05) is 26.0 Å². The van der Waals surface area contributed by atoms with Crippen LogP contribution < -0.4 is 0 Å². The normalized spacial score (nSPS) is 19.6. The third-order valence-electron chi connectivity index (χ3n) is 4.41. The maximum Gasteiger partial charge on any atom is 0.286 e. The van der Waals surface area contributed by atoms with E-state index in [1.54, 1.807) is 12.1 Å².